The van der Waals surface area contributed by atoms with E-state index in [1.54, 1.807) is 11.6 Å². The second kappa shape index (κ2) is 7.66. The first-order valence-electron chi connectivity index (χ1n) is 8.87. The molecule has 140 valence electrons. The maximum absolute atomic E-state index is 12.4. The summed E-state index contributed by atoms with van der Waals surface area (Å²) in [6.07, 6.45) is 2.59. The summed E-state index contributed by atoms with van der Waals surface area (Å²) >= 11 is 1.39. The number of nitrogens with zero attached hydrogens (tertiary/aromatic N) is 1. The molecule has 0 fully saturated rings. The molecule has 0 aliphatic carbocycles. The van der Waals surface area contributed by atoms with Gasteiger partial charge in [-0.1, -0.05) is 49.4 Å². The summed E-state index contributed by atoms with van der Waals surface area (Å²) in [5, 5.41) is 3.23. The number of carbonyl (C=O) groups is 2. The molecule has 6 nitrogen and oxygen atoms in total. The van der Waals surface area contributed by atoms with Crippen LogP contribution in [-0.4, -0.2) is 21.8 Å². The first-order valence-corrected chi connectivity index (χ1v) is 9.75. The van der Waals surface area contributed by atoms with Crippen molar-refractivity contribution in [3.63, 3.8) is 0 Å². The highest BCUT2D eigenvalue weighted by molar-refractivity contribution is 7.13. The van der Waals surface area contributed by atoms with Crippen LogP contribution in [0.5, 0.6) is 0 Å². The molecule has 0 saturated heterocycles. The second-order valence-electron chi connectivity index (χ2n) is 6.24. The molecule has 0 atom stereocenters. The van der Waals surface area contributed by atoms with Gasteiger partial charge in [-0.2, -0.15) is 0 Å². The summed E-state index contributed by atoms with van der Waals surface area (Å²) in [5.41, 5.74) is 8.67. The molecule has 2 aromatic heterocycles. The highest BCUT2D eigenvalue weighted by Gasteiger charge is 2.15. The van der Waals surface area contributed by atoms with Crippen LogP contribution in [0, 0.1) is 0 Å². The van der Waals surface area contributed by atoms with E-state index < -0.39 is 11.8 Å². The molecule has 0 aliphatic heterocycles. The van der Waals surface area contributed by atoms with Crippen LogP contribution in [0.1, 0.15) is 33.3 Å². The largest absolute Gasteiger partial charge is 0.360 e. The summed E-state index contributed by atoms with van der Waals surface area (Å²) in [7, 11) is 0. The molecular weight excluding hydrogens is 372 g/mol. The van der Waals surface area contributed by atoms with Crippen molar-refractivity contribution in [2.75, 3.05) is 0 Å². The van der Waals surface area contributed by atoms with E-state index in [1.807, 2.05) is 36.4 Å². The van der Waals surface area contributed by atoms with E-state index in [1.165, 1.54) is 16.9 Å². The average Bonchev–Trinajstić information content (AvgIpc) is 3.39. The number of aryl methyl sites for hydroxylation is 1. The van der Waals surface area contributed by atoms with Crippen LogP contribution in [0.4, 0.5) is 0 Å². The topological polar surface area (TPSA) is 86.9 Å². The van der Waals surface area contributed by atoms with E-state index in [0.29, 0.717) is 5.56 Å². The van der Waals surface area contributed by atoms with Crippen molar-refractivity contribution >= 4 is 34.1 Å². The molecule has 4 rings (SSSR count). The Morgan fingerprint density at radius 2 is 1.79 bits per heavy atom. The van der Waals surface area contributed by atoms with E-state index in [9.17, 15) is 9.59 Å². The van der Waals surface area contributed by atoms with Crippen LogP contribution in [0.3, 0.4) is 0 Å². The third kappa shape index (κ3) is 3.52. The number of H-pyrrole nitrogens is 1. The Hall–Kier alpha value is -3.45. The number of aromatic amines is 1. The summed E-state index contributed by atoms with van der Waals surface area (Å²) in [6, 6.07) is 15.6. The van der Waals surface area contributed by atoms with Crippen molar-refractivity contribution in [1.29, 1.82) is 0 Å². The molecule has 0 unspecified atom stereocenters. The maximum Gasteiger partial charge on any atom is 0.289 e. The minimum Gasteiger partial charge on any atom is -0.360 e. The number of carbonyl (C=O) groups excluding carboxylic acids is 2. The Balaban J connectivity index is 1.42. The van der Waals surface area contributed by atoms with Crippen molar-refractivity contribution in [1.82, 2.24) is 20.8 Å². The summed E-state index contributed by atoms with van der Waals surface area (Å²) < 4.78 is 0. The first kappa shape index (κ1) is 17.9. The van der Waals surface area contributed by atoms with E-state index in [2.05, 4.69) is 39.9 Å². The minimum absolute atomic E-state index is 0.263. The molecular formula is C21H18N4O2S. The van der Waals surface area contributed by atoms with Crippen LogP contribution in [0.25, 0.3) is 21.5 Å². The standard InChI is InChI=1S/C21H18N4O2S/c1-2-13-7-9-14(10-8-13)21-23-18(12-28-21)20(27)25-24-19(26)16-11-22-17-6-4-3-5-15(16)17/h3-12,22H,2H2,1H3,(H,24,26)(H,25,27). The molecule has 2 amide bonds. The van der Waals surface area contributed by atoms with Gasteiger partial charge in [0.25, 0.3) is 11.8 Å². The molecule has 2 aromatic carbocycles. The minimum atomic E-state index is -0.458. The molecule has 7 heteroatoms. The molecule has 0 aliphatic rings. The van der Waals surface area contributed by atoms with Crippen LogP contribution in [0.2, 0.25) is 0 Å². The van der Waals surface area contributed by atoms with Gasteiger partial charge in [0.15, 0.2) is 0 Å². The van der Waals surface area contributed by atoms with E-state index in [4.69, 9.17) is 0 Å². The van der Waals surface area contributed by atoms with E-state index >= 15 is 0 Å². The van der Waals surface area contributed by atoms with Gasteiger partial charge < -0.3 is 4.98 Å². The number of thiazole rings is 1. The quantitative estimate of drug-likeness (QED) is 0.462. The predicted octanol–water partition coefficient (Wildman–Crippen LogP) is 3.93. The number of hydrogen-bond donors (Lipinski definition) is 3. The van der Waals surface area contributed by atoms with E-state index in [0.717, 1.165) is 27.9 Å². The number of hydrazine groups is 1. The lowest BCUT2D eigenvalue weighted by Crippen LogP contribution is -2.41. The van der Waals surface area contributed by atoms with Gasteiger partial charge in [-0.15, -0.1) is 11.3 Å². The molecule has 0 spiro atoms. The number of nitrogens with one attached hydrogen (secondary N) is 3. The maximum atomic E-state index is 12.4. The van der Waals surface area contributed by atoms with Crippen LogP contribution >= 0.6 is 11.3 Å². The lowest BCUT2D eigenvalue weighted by Gasteiger charge is -2.05. The van der Waals surface area contributed by atoms with Gasteiger partial charge in [0.05, 0.1) is 5.56 Å². The molecule has 2 heterocycles. The van der Waals surface area contributed by atoms with Gasteiger partial charge in [0.1, 0.15) is 10.7 Å². The van der Waals surface area contributed by atoms with E-state index in [-0.39, 0.29) is 5.69 Å². The number of rotatable bonds is 4. The number of amides is 2. The smallest absolute Gasteiger partial charge is 0.289 e. The highest BCUT2D eigenvalue weighted by Crippen LogP contribution is 2.24. The fourth-order valence-corrected chi connectivity index (χ4v) is 3.70. The van der Waals surface area contributed by atoms with Crippen molar-refractivity contribution < 1.29 is 9.59 Å². The predicted molar refractivity (Wildman–Crippen MR) is 110 cm³/mol. The highest BCUT2D eigenvalue weighted by atomic mass is 32.1. The van der Waals surface area contributed by atoms with Crippen LogP contribution in [0.15, 0.2) is 60.1 Å². The Bertz CT molecular complexity index is 1140. The van der Waals surface area contributed by atoms with Crippen molar-refractivity contribution in [3.8, 4) is 10.6 Å². The summed E-state index contributed by atoms with van der Waals surface area (Å²) in [4.78, 5) is 32.1. The Morgan fingerprint density at radius 1 is 1.04 bits per heavy atom. The summed E-state index contributed by atoms with van der Waals surface area (Å²) in [6.45, 7) is 2.10. The van der Waals surface area contributed by atoms with Gasteiger partial charge >= 0.3 is 0 Å². The zero-order valence-corrected chi connectivity index (χ0v) is 16.0. The van der Waals surface area contributed by atoms with Gasteiger partial charge in [0.2, 0.25) is 0 Å². The van der Waals surface area contributed by atoms with Crippen LogP contribution in [-0.2, 0) is 6.42 Å². The van der Waals surface area contributed by atoms with Crippen molar-refractivity contribution in [2.24, 2.45) is 0 Å². The van der Waals surface area contributed by atoms with Gasteiger partial charge in [0, 0.05) is 28.0 Å². The van der Waals surface area contributed by atoms with Gasteiger partial charge in [-0.25, -0.2) is 4.98 Å². The SMILES string of the molecule is CCc1ccc(-c2nc(C(=O)NNC(=O)c3c[nH]c4ccccc34)cs2)cc1. The van der Waals surface area contributed by atoms with Crippen LogP contribution < -0.4 is 10.9 Å². The fourth-order valence-electron chi connectivity index (χ4n) is 2.90. The number of aromatic nitrogens is 2. The Labute approximate surface area is 165 Å². The van der Waals surface area contributed by atoms with Gasteiger partial charge in [-0.05, 0) is 18.1 Å². The molecule has 28 heavy (non-hydrogen) atoms. The lowest BCUT2D eigenvalue weighted by atomic mass is 10.1. The molecule has 3 N–H and O–H groups in total. The lowest BCUT2D eigenvalue weighted by molar-refractivity contribution is 0.0845. The zero-order valence-electron chi connectivity index (χ0n) is 15.2. The molecule has 0 radical (unpaired) electrons. The van der Waals surface area contributed by atoms with Crippen molar-refractivity contribution in [2.45, 2.75) is 13.3 Å². The summed E-state index contributed by atoms with van der Waals surface area (Å²) in [5.74, 6) is -0.850. The second-order valence-corrected chi connectivity index (χ2v) is 7.10. The van der Waals surface area contributed by atoms with Crippen molar-refractivity contribution in [3.05, 3.63) is 76.9 Å². The Morgan fingerprint density at radius 3 is 2.57 bits per heavy atom. The number of fused-ring (bicyclic) bond motifs is 1. The molecule has 0 saturated carbocycles. The molecule has 4 aromatic rings. The third-order valence-corrected chi connectivity index (χ3v) is 5.36. The first-order chi connectivity index (χ1) is 13.7. The Kier molecular flexibility index (Phi) is 4.90. The number of para-hydroxylation sites is 1. The van der Waals surface area contributed by atoms with Gasteiger partial charge in [-0.3, -0.25) is 20.4 Å². The fraction of sp³-hybridized carbons (Fsp3) is 0.0952. The molecule has 0 bridgehead atoms. The monoisotopic (exact) mass is 390 g/mol. The zero-order chi connectivity index (χ0) is 19.5. The number of benzene rings is 2. The normalized spacial score (nSPS) is 10.8. The third-order valence-electron chi connectivity index (χ3n) is 4.47. The number of hydrogen-bond acceptors (Lipinski definition) is 4. The average molecular weight is 390 g/mol.